The SMILES string of the molecule is Cc1nc(C(=O)N(C)C[C@@]2(O)CCCN(c3ccc(F)cn3)C2)co1. The molecule has 0 bridgehead atoms. The molecule has 0 saturated carbocycles. The fourth-order valence-electron chi connectivity index (χ4n) is 3.16. The van der Waals surface area contributed by atoms with E-state index in [-0.39, 0.29) is 18.1 Å². The molecule has 0 aliphatic carbocycles. The van der Waals surface area contributed by atoms with Crippen molar-refractivity contribution < 1.29 is 18.7 Å². The molecule has 2 aromatic rings. The normalized spacial score (nSPS) is 20.6. The first-order valence-corrected chi connectivity index (χ1v) is 8.13. The smallest absolute Gasteiger partial charge is 0.275 e. The van der Waals surface area contributed by atoms with Crippen LogP contribution in [0.2, 0.25) is 0 Å². The van der Waals surface area contributed by atoms with Crippen LogP contribution in [0.5, 0.6) is 0 Å². The van der Waals surface area contributed by atoms with E-state index in [1.54, 1.807) is 20.0 Å². The van der Waals surface area contributed by atoms with Gasteiger partial charge in [-0.25, -0.2) is 14.4 Å². The van der Waals surface area contributed by atoms with Crippen LogP contribution in [0, 0.1) is 12.7 Å². The number of hydrogen-bond acceptors (Lipinski definition) is 6. The maximum absolute atomic E-state index is 13.0. The molecular formula is C17H21FN4O3. The van der Waals surface area contributed by atoms with Crippen LogP contribution in [-0.4, -0.2) is 58.2 Å². The molecule has 3 heterocycles. The molecule has 2 aromatic heterocycles. The molecule has 0 unspecified atom stereocenters. The number of nitrogens with zero attached hydrogens (tertiary/aromatic N) is 4. The Kier molecular flexibility index (Phi) is 4.71. The molecule has 1 atom stereocenters. The number of amides is 1. The van der Waals surface area contributed by atoms with Crippen molar-refractivity contribution in [3.05, 3.63) is 42.0 Å². The van der Waals surface area contributed by atoms with Crippen molar-refractivity contribution in [2.24, 2.45) is 0 Å². The summed E-state index contributed by atoms with van der Waals surface area (Å²) in [6, 6.07) is 2.94. The lowest BCUT2D eigenvalue weighted by Gasteiger charge is -2.41. The van der Waals surface area contributed by atoms with Crippen molar-refractivity contribution in [1.29, 1.82) is 0 Å². The molecule has 0 radical (unpaired) electrons. The van der Waals surface area contributed by atoms with Gasteiger partial charge in [0.15, 0.2) is 11.6 Å². The number of oxazole rings is 1. The zero-order chi connectivity index (χ0) is 18.0. The Morgan fingerprint density at radius 2 is 2.32 bits per heavy atom. The second-order valence-electron chi connectivity index (χ2n) is 6.50. The molecule has 1 fully saturated rings. The van der Waals surface area contributed by atoms with Gasteiger partial charge in [-0.2, -0.15) is 0 Å². The van der Waals surface area contributed by atoms with E-state index in [1.165, 1.54) is 17.2 Å². The van der Waals surface area contributed by atoms with Crippen molar-refractivity contribution in [3.63, 3.8) is 0 Å². The van der Waals surface area contributed by atoms with Crippen LogP contribution in [-0.2, 0) is 0 Å². The van der Waals surface area contributed by atoms with Crippen molar-refractivity contribution in [2.75, 3.05) is 31.6 Å². The molecule has 1 aliphatic rings. The first kappa shape index (κ1) is 17.3. The number of carbonyl (C=O) groups is 1. The van der Waals surface area contributed by atoms with E-state index < -0.39 is 11.4 Å². The van der Waals surface area contributed by atoms with Crippen molar-refractivity contribution in [2.45, 2.75) is 25.4 Å². The van der Waals surface area contributed by atoms with E-state index >= 15 is 0 Å². The summed E-state index contributed by atoms with van der Waals surface area (Å²) in [7, 11) is 1.62. The second-order valence-corrected chi connectivity index (χ2v) is 6.50. The highest BCUT2D eigenvalue weighted by atomic mass is 19.1. The summed E-state index contributed by atoms with van der Waals surface area (Å²) < 4.78 is 18.1. The maximum atomic E-state index is 13.0. The number of aromatic nitrogens is 2. The monoisotopic (exact) mass is 348 g/mol. The number of aryl methyl sites for hydroxylation is 1. The van der Waals surface area contributed by atoms with Gasteiger partial charge in [0.25, 0.3) is 5.91 Å². The minimum atomic E-state index is -1.07. The molecule has 134 valence electrons. The number of halogens is 1. The summed E-state index contributed by atoms with van der Waals surface area (Å²) in [5.74, 6) is 0.328. The summed E-state index contributed by atoms with van der Waals surface area (Å²) in [6.45, 7) is 2.87. The fourth-order valence-corrected chi connectivity index (χ4v) is 3.16. The van der Waals surface area contributed by atoms with Crippen LogP contribution >= 0.6 is 0 Å². The van der Waals surface area contributed by atoms with E-state index in [9.17, 15) is 14.3 Å². The number of hydrogen-bond donors (Lipinski definition) is 1. The van der Waals surface area contributed by atoms with Gasteiger partial charge in [0.1, 0.15) is 17.9 Å². The van der Waals surface area contributed by atoms with Gasteiger partial charge in [-0.1, -0.05) is 0 Å². The van der Waals surface area contributed by atoms with Gasteiger partial charge in [0.05, 0.1) is 18.3 Å². The molecule has 3 rings (SSSR count). The molecule has 1 aliphatic heterocycles. The lowest BCUT2D eigenvalue weighted by molar-refractivity contribution is -0.000284. The molecule has 0 spiro atoms. The molecule has 0 aromatic carbocycles. The van der Waals surface area contributed by atoms with Crippen LogP contribution in [0.1, 0.15) is 29.2 Å². The van der Waals surface area contributed by atoms with Gasteiger partial charge in [-0.15, -0.1) is 0 Å². The van der Waals surface area contributed by atoms with Gasteiger partial charge in [-0.3, -0.25) is 4.79 Å². The largest absolute Gasteiger partial charge is 0.448 e. The number of β-amino-alcohol motifs (C(OH)–C–C–N with tert-alkyl or cyclic N) is 1. The third-order valence-corrected chi connectivity index (χ3v) is 4.31. The Balaban J connectivity index is 1.68. The second kappa shape index (κ2) is 6.79. The third-order valence-electron chi connectivity index (χ3n) is 4.31. The number of carbonyl (C=O) groups excluding carboxylic acids is 1. The highest BCUT2D eigenvalue weighted by Crippen LogP contribution is 2.26. The highest BCUT2D eigenvalue weighted by Gasteiger charge is 2.36. The van der Waals surface area contributed by atoms with Gasteiger partial charge < -0.3 is 19.3 Å². The predicted octanol–water partition coefficient (Wildman–Crippen LogP) is 1.62. The molecule has 1 N–H and O–H groups in total. The summed E-state index contributed by atoms with van der Waals surface area (Å²) in [5, 5.41) is 10.9. The van der Waals surface area contributed by atoms with Gasteiger partial charge in [0.2, 0.25) is 0 Å². The number of rotatable bonds is 4. The standard InChI is InChI=1S/C17H21FN4O3/c1-12-20-14(9-25-12)16(23)21(2)10-17(24)6-3-7-22(11-17)15-5-4-13(18)8-19-15/h4-5,8-9,24H,3,6-7,10-11H2,1-2H3/t17-/m0/s1. The number of pyridine rings is 1. The van der Waals surface area contributed by atoms with E-state index in [0.29, 0.717) is 24.7 Å². The Hall–Kier alpha value is -2.48. The van der Waals surface area contributed by atoms with Crippen molar-refractivity contribution >= 4 is 11.7 Å². The summed E-state index contributed by atoms with van der Waals surface area (Å²) >= 11 is 0. The minimum absolute atomic E-state index is 0.162. The van der Waals surface area contributed by atoms with E-state index in [2.05, 4.69) is 9.97 Å². The van der Waals surface area contributed by atoms with Gasteiger partial charge in [-0.05, 0) is 25.0 Å². The Bertz CT molecular complexity index is 749. The lowest BCUT2D eigenvalue weighted by Crippen LogP contribution is -2.54. The Morgan fingerprint density at radius 3 is 2.96 bits per heavy atom. The first-order valence-electron chi connectivity index (χ1n) is 8.13. The quantitative estimate of drug-likeness (QED) is 0.904. The number of piperidine rings is 1. The van der Waals surface area contributed by atoms with E-state index in [4.69, 9.17) is 4.42 Å². The van der Waals surface area contributed by atoms with Crippen molar-refractivity contribution in [3.8, 4) is 0 Å². The molecule has 1 saturated heterocycles. The van der Waals surface area contributed by atoms with Gasteiger partial charge >= 0.3 is 0 Å². The minimum Gasteiger partial charge on any atom is -0.448 e. The average molecular weight is 348 g/mol. The molecule has 1 amide bonds. The van der Waals surface area contributed by atoms with E-state index in [1.807, 2.05) is 4.90 Å². The number of anilines is 1. The van der Waals surface area contributed by atoms with E-state index in [0.717, 1.165) is 19.2 Å². The van der Waals surface area contributed by atoms with Gasteiger partial charge in [0, 0.05) is 27.1 Å². The molecule has 8 heteroatoms. The first-order chi connectivity index (χ1) is 11.9. The number of aliphatic hydroxyl groups is 1. The Labute approximate surface area is 145 Å². The maximum Gasteiger partial charge on any atom is 0.275 e. The van der Waals surface area contributed by atoms with Crippen LogP contribution < -0.4 is 4.90 Å². The van der Waals surface area contributed by atoms with Crippen molar-refractivity contribution in [1.82, 2.24) is 14.9 Å². The third kappa shape index (κ3) is 3.96. The summed E-state index contributed by atoms with van der Waals surface area (Å²) in [5.41, 5.74) is -0.853. The lowest BCUT2D eigenvalue weighted by atomic mass is 9.92. The molecule has 25 heavy (non-hydrogen) atoms. The van der Waals surface area contributed by atoms with Crippen LogP contribution in [0.25, 0.3) is 0 Å². The average Bonchev–Trinajstić information content (AvgIpc) is 3.01. The van der Waals surface area contributed by atoms with Crippen LogP contribution in [0.3, 0.4) is 0 Å². The molecule has 7 nitrogen and oxygen atoms in total. The zero-order valence-corrected chi connectivity index (χ0v) is 14.3. The summed E-state index contributed by atoms with van der Waals surface area (Å²) in [6.07, 6.45) is 3.79. The number of likely N-dealkylation sites (N-methyl/N-ethyl adjacent to an activating group) is 1. The Morgan fingerprint density at radius 1 is 1.52 bits per heavy atom. The topological polar surface area (TPSA) is 82.7 Å². The predicted molar refractivity (Wildman–Crippen MR) is 88.8 cm³/mol. The van der Waals surface area contributed by atoms with Crippen LogP contribution in [0.15, 0.2) is 29.0 Å². The molecular weight excluding hydrogens is 327 g/mol. The highest BCUT2D eigenvalue weighted by molar-refractivity contribution is 5.91. The van der Waals surface area contributed by atoms with Crippen LogP contribution in [0.4, 0.5) is 10.2 Å². The zero-order valence-electron chi connectivity index (χ0n) is 14.3. The fraction of sp³-hybridized carbons (Fsp3) is 0.471. The summed E-state index contributed by atoms with van der Waals surface area (Å²) in [4.78, 5) is 23.8.